The lowest BCUT2D eigenvalue weighted by Crippen LogP contribution is -2.51. The molecule has 4 heteroatoms. The van der Waals surface area contributed by atoms with E-state index in [2.05, 4.69) is 19.9 Å². The largest absolute Gasteiger partial charge is 0.481 e. The Hall–Kier alpha value is -1.32. The van der Waals surface area contributed by atoms with E-state index in [0.29, 0.717) is 17.8 Å². The van der Waals surface area contributed by atoms with Gasteiger partial charge < -0.3 is 9.84 Å². The van der Waals surface area contributed by atoms with E-state index in [1.54, 1.807) is 0 Å². The highest BCUT2D eigenvalue weighted by atomic mass is 16.5. The molecule has 0 aromatic carbocycles. The Labute approximate surface area is 156 Å². The van der Waals surface area contributed by atoms with Crippen molar-refractivity contribution in [2.75, 3.05) is 0 Å². The lowest BCUT2D eigenvalue weighted by molar-refractivity contribution is -0.151. The molecule has 7 atom stereocenters. The molecule has 0 bridgehead atoms. The summed E-state index contributed by atoms with van der Waals surface area (Å²) in [5, 5.41) is 9.70. The highest BCUT2D eigenvalue weighted by molar-refractivity contribution is 5.71. The zero-order valence-corrected chi connectivity index (χ0v) is 16.3. The number of carbonyl (C=O) groups is 2. The molecule has 0 aromatic rings. The highest BCUT2D eigenvalue weighted by Crippen LogP contribution is 2.66. The third kappa shape index (κ3) is 2.55. The normalized spacial score (nSPS) is 47.2. The van der Waals surface area contributed by atoms with Gasteiger partial charge in [0.15, 0.2) is 0 Å². The number of hydrogen-bond donors (Lipinski definition) is 1. The molecule has 4 aliphatic carbocycles. The average molecular weight is 360 g/mol. The second-order valence-corrected chi connectivity index (χ2v) is 9.75. The van der Waals surface area contributed by atoms with Crippen LogP contribution >= 0.6 is 0 Å². The molecule has 4 nitrogen and oxygen atoms in total. The maximum Gasteiger partial charge on any atom is 0.307 e. The third-order valence-electron chi connectivity index (χ3n) is 8.69. The van der Waals surface area contributed by atoms with Crippen LogP contribution in [0.5, 0.6) is 0 Å². The molecule has 0 amide bonds. The number of carbonyl (C=O) groups excluding carboxylic acids is 1. The fourth-order valence-electron chi connectivity index (χ4n) is 7.37. The van der Waals surface area contributed by atoms with Gasteiger partial charge in [-0.15, -0.1) is 0 Å². The first-order valence-electron chi connectivity index (χ1n) is 10.4. The van der Waals surface area contributed by atoms with Crippen LogP contribution in [0.15, 0.2) is 11.6 Å². The standard InChI is InChI=1S/C22H32O4/c1-13(23)26-15-8-10-21(2)14(12-15)4-5-16-17-6-7-19(20(24)25)22(17,3)11-9-18(16)21/h4,15-19H,5-12H2,1-3H3,(H,24,25)/t15-,16-,17-,18-,19+,21+,22+/m1/s1. The molecule has 1 N–H and O–H groups in total. The smallest absolute Gasteiger partial charge is 0.307 e. The van der Waals surface area contributed by atoms with Gasteiger partial charge >= 0.3 is 11.9 Å². The molecule has 0 heterocycles. The van der Waals surface area contributed by atoms with Crippen LogP contribution in [0, 0.1) is 34.5 Å². The first kappa shape index (κ1) is 18.1. The minimum absolute atomic E-state index is 0.0242. The summed E-state index contributed by atoms with van der Waals surface area (Å²) in [4.78, 5) is 23.1. The Morgan fingerprint density at radius 1 is 1.12 bits per heavy atom. The van der Waals surface area contributed by atoms with Gasteiger partial charge in [0.05, 0.1) is 5.92 Å². The number of esters is 1. The predicted molar refractivity (Wildman–Crippen MR) is 98.4 cm³/mol. The average Bonchev–Trinajstić information content (AvgIpc) is 2.92. The molecular formula is C22H32O4. The SMILES string of the molecule is CC(=O)O[C@@H]1CC[C@@]2(C)C(=CC[C@@H]3[C@H]4CC[C@@H](C(=O)O)[C@@]4(C)CC[C@H]32)C1. The molecule has 0 aromatic heterocycles. The van der Waals surface area contributed by atoms with Gasteiger partial charge in [0.2, 0.25) is 0 Å². The number of carboxylic acid groups (broad SMARTS) is 1. The van der Waals surface area contributed by atoms with Crippen LogP contribution in [0.3, 0.4) is 0 Å². The Balaban J connectivity index is 1.59. The number of aliphatic carboxylic acids is 1. The Morgan fingerprint density at radius 3 is 2.58 bits per heavy atom. The van der Waals surface area contributed by atoms with E-state index in [1.165, 1.54) is 12.5 Å². The van der Waals surface area contributed by atoms with Crippen LogP contribution < -0.4 is 0 Å². The maximum atomic E-state index is 11.8. The predicted octanol–water partition coefficient (Wildman–Crippen LogP) is 4.58. The van der Waals surface area contributed by atoms with E-state index in [-0.39, 0.29) is 28.8 Å². The molecule has 26 heavy (non-hydrogen) atoms. The monoisotopic (exact) mass is 360 g/mol. The van der Waals surface area contributed by atoms with Crippen LogP contribution in [-0.2, 0) is 14.3 Å². The van der Waals surface area contributed by atoms with E-state index in [1.807, 2.05) is 0 Å². The van der Waals surface area contributed by atoms with Gasteiger partial charge in [0, 0.05) is 13.3 Å². The summed E-state index contributed by atoms with van der Waals surface area (Å²) in [6.07, 6.45) is 10.6. The van der Waals surface area contributed by atoms with E-state index < -0.39 is 5.97 Å². The summed E-state index contributed by atoms with van der Waals surface area (Å²) >= 11 is 0. The number of hydrogen-bond acceptors (Lipinski definition) is 3. The summed E-state index contributed by atoms with van der Waals surface area (Å²) in [5.41, 5.74) is 1.68. The number of carboxylic acids is 1. The summed E-state index contributed by atoms with van der Waals surface area (Å²) in [6.45, 7) is 6.17. The van der Waals surface area contributed by atoms with E-state index in [9.17, 15) is 14.7 Å². The minimum Gasteiger partial charge on any atom is -0.481 e. The van der Waals surface area contributed by atoms with Crippen LogP contribution in [-0.4, -0.2) is 23.1 Å². The second-order valence-electron chi connectivity index (χ2n) is 9.75. The van der Waals surface area contributed by atoms with Crippen molar-refractivity contribution in [1.29, 1.82) is 0 Å². The van der Waals surface area contributed by atoms with Crippen LogP contribution in [0.4, 0.5) is 0 Å². The topological polar surface area (TPSA) is 63.6 Å². The molecule has 4 aliphatic rings. The van der Waals surface area contributed by atoms with Gasteiger partial charge in [-0.25, -0.2) is 0 Å². The van der Waals surface area contributed by atoms with Gasteiger partial charge in [0.25, 0.3) is 0 Å². The Morgan fingerprint density at radius 2 is 1.88 bits per heavy atom. The van der Waals surface area contributed by atoms with E-state index in [4.69, 9.17) is 4.74 Å². The molecule has 144 valence electrons. The molecule has 0 unspecified atom stereocenters. The van der Waals surface area contributed by atoms with Crippen molar-refractivity contribution in [2.45, 2.75) is 78.2 Å². The van der Waals surface area contributed by atoms with Crippen LogP contribution in [0.25, 0.3) is 0 Å². The fourth-order valence-corrected chi connectivity index (χ4v) is 7.37. The molecular weight excluding hydrogens is 328 g/mol. The van der Waals surface area contributed by atoms with E-state index in [0.717, 1.165) is 51.4 Å². The van der Waals surface area contributed by atoms with Gasteiger partial charge in [-0.3, -0.25) is 9.59 Å². The number of fused-ring (bicyclic) bond motifs is 5. The molecule has 0 spiro atoms. The summed E-state index contributed by atoms with van der Waals surface area (Å²) < 4.78 is 5.50. The quantitative estimate of drug-likeness (QED) is 0.578. The lowest BCUT2D eigenvalue weighted by atomic mass is 9.47. The Kier molecular flexibility index (Phi) is 4.24. The summed E-state index contributed by atoms with van der Waals surface area (Å²) in [6, 6.07) is 0. The van der Waals surface area contributed by atoms with Gasteiger partial charge in [-0.1, -0.05) is 25.5 Å². The second kappa shape index (κ2) is 6.10. The highest BCUT2D eigenvalue weighted by Gasteiger charge is 2.60. The molecule has 3 saturated carbocycles. The third-order valence-corrected chi connectivity index (χ3v) is 8.69. The lowest BCUT2D eigenvalue weighted by Gasteiger charge is -2.57. The van der Waals surface area contributed by atoms with Crippen molar-refractivity contribution in [2.24, 2.45) is 34.5 Å². The molecule has 0 radical (unpaired) electrons. The van der Waals surface area contributed by atoms with Gasteiger partial charge in [0.1, 0.15) is 6.10 Å². The first-order chi connectivity index (χ1) is 12.3. The van der Waals surface area contributed by atoms with Crippen molar-refractivity contribution < 1.29 is 19.4 Å². The summed E-state index contributed by atoms with van der Waals surface area (Å²) in [5.74, 6) is 0.901. The minimum atomic E-state index is -0.589. The zero-order valence-electron chi connectivity index (χ0n) is 16.3. The maximum absolute atomic E-state index is 11.8. The molecule has 0 aliphatic heterocycles. The van der Waals surface area contributed by atoms with Crippen molar-refractivity contribution in [1.82, 2.24) is 0 Å². The van der Waals surface area contributed by atoms with Crippen LogP contribution in [0.2, 0.25) is 0 Å². The van der Waals surface area contributed by atoms with E-state index >= 15 is 0 Å². The number of allylic oxidation sites excluding steroid dienone is 1. The molecule has 3 fully saturated rings. The fraction of sp³-hybridized carbons (Fsp3) is 0.818. The van der Waals surface area contributed by atoms with Crippen molar-refractivity contribution in [3.63, 3.8) is 0 Å². The Bertz CT molecular complexity index is 653. The van der Waals surface area contributed by atoms with Gasteiger partial charge in [-0.2, -0.15) is 0 Å². The van der Waals surface area contributed by atoms with Crippen molar-refractivity contribution >= 4 is 11.9 Å². The number of rotatable bonds is 2. The van der Waals surface area contributed by atoms with Crippen LogP contribution in [0.1, 0.15) is 72.1 Å². The van der Waals surface area contributed by atoms with Gasteiger partial charge in [-0.05, 0) is 73.5 Å². The molecule has 0 saturated heterocycles. The number of ether oxygens (including phenoxy) is 1. The first-order valence-corrected chi connectivity index (χ1v) is 10.4. The summed E-state index contributed by atoms with van der Waals surface area (Å²) in [7, 11) is 0. The van der Waals surface area contributed by atoms with Crippen molar-refractivity contribution in [3.8, 4) is 0 Å². The van der Waals surface area contributed by atoms with Crippen molar-refractivity contribution in [3.05, 3.63) is 11.6 Å². The molecule has 4 rings (SSSR count). The zero-order chi connectivity index (χ0) is 18.7.